The summed E-state index contributed by atoms with van der Waals surface area (Å²) in [7, 11) is 0. The van der Waals surface area contributed by atoms with E-state index < -0.39 is 4.92 Å². The highest BCUT2D eigenvalue weighted by molar-refractivity contribution is 5.96. The Morgan fingerprint density at radius 1 is 1.43 bits per heavy atom. The number of amides is 1. The summed E-state index contributed by atoms with van der Waals surface area (Å²) in [6.07, 6.45) is 2.25. The fraction of sp³-hybridized carbons (Fsp3) is 0.500. The molecule has 0 radical (unpaired) electrons. The van der Waals surface area contributed by atoms with Gasteiger partial charge in [-0.3, -0.25) is 14.9 Å². The number of nitrogens with zero attached hydrogens (tertiary/aromatic N) is 1. The van der Waals surface area contributed by atoms with Gasteiger partial charge in [-0.1, -0.05) is 19.4 Å². The van der Waals surface area contributed by atoms with Crippen LogP contribution in [0, 0.1) is 16.0 Å². The van der Waals surface area contributed by atoms with Crippen LogP contribution in [0.25, 0.3) is 0 Å². The van der Waals surface area contributed by atoms with Gasteiger partial charge in [-0.25, -0.2) is 0 Å². The molecular weight excluding hydrogens is 274 g/mol. The maximum atomic E-state index is 12.0. The molecule has 116 valence electrons. The smallest absolute Gasteiger partial charge is 0.296 e. The number of carbonyl (C=O) groups is 1. The normalized spacial score (nSPS) is 13.5. The van der Waals surface area contributed by atoms with Gasteiger partial charge in [0.05, 0.1) is 4.92 Å². The number of rotatable bonds is 7. The number of hydrogen-bond donors (Lipinski definition) is 3. The molecule has 0 aliphatic carbocycles. The molecule has 0 saturated carbocycles. The Morgan fingerprint density at radius 2 is 2.10 bits per heavy atom. The summed E-state index contributed by atoms with van der Waals surface area (Å²) < 4.78 is 0. The Labute approximate surface area is 123 Å². The first-order chi connectivity index (χ1) is 9.82. The zero-order valence-corrected chi connectivity index (χ0v) is 12.2. The third kappa shape index (κ3) is 5.03. The highest BCUT2D eigenvalue weighted by atomic mass is 16.6. The van der Waals surface area contributed by atoms with Gasteiger partial charge < -0.3 is 16.2 Å². The van der Waals surface area contributed by atoms with Gasteiger partial charge in [-0.15, -0.1) is 0 Å². The van der Waals surface area contributed by atoms with Gasteiger partial charge in [-0.05, 0) is 25.8 Å². The maximum absolute atomic E-state index is 12.0. The molecule has 1 aromatic rings. The van der Waals surface area contributed by atoms with Gasteiger partial charge >= 0.3 is 0 Å². The summed E-state index contributed by atoms with van der Waals surface area (Å²) in [5.74, 6) is -0.993. The second-order valence-electron chi connectivity index (χ2n) is 5.23. The van der Waals surface area contributed by atoms with E-state index in [1.165, 1.54) is 18.2 Å². The van der Waals surface area contributed by atoms with Crippen molar-refractivity contribution in [3.8, 4) is 5.75 Å². The van der Waals surface area contributed by atoms with Crippen molar-refractivity contribution in [3.05, 3.63) is 28.3 Å². The minimum atomic E-state index is -0.643. The molecule has 0 aromatic heterocycles. The molecule has 21 heavy (non-hydrogen) atoms. The number of para-hydroxylation sites is 1. The Balaban J connectivity index is 2.72. The first-order valence-corrected chi connectivity index (χ1v) is 6.85. The van der Waals surface area contributed by atoms with Crippen LogP contribution < -0.4 is 11.1 Å². The number of hydrogen-bond acceptors (Lipinski definition) is 5. The quantitative estimate of drug-likeness (QED) is 0.405. The summed E-state index contributed by atoms with van der Waals surface area (Å²) in [5.41, 5.74) is 5.15. The van der Waals surface area contributed by atoms with Crippen LogP contribution in [0.15, 0.2) is 18.2 Å². The second kappa shape index (κ2) is 7.58. The van der Waals surface area contributed by atoms with Gasteiger partial charge in [0.2, 0.25) is 5.91 Å². The summed E-state index contributed by atoms with van der Waals surface area (Å²) in [6, 6.07) is 3.97. The lowest BCUT2D eigenvalue weighted by atomic mass is 10.0. The van der Waals surface area contributed by atoms with E-state index in [9.17, 15) is 20.0 Å². The average molecular weight is 295 g/mol. The first-order valence-electron chi connectivity index (χ1n) is 6.85. The van der Waals surface area contributed by atoms with Crippen molar-refractivity contribution in [1.82, 2.24) is 0 Å². The Morgan fingerprint density at radius 3 is 2.67 bits per heavy atom. The van der Waals surface area contributed by atoms with Crippen molar-refractivity contribution >= 4 is 17.3 Å². The predicted octanol–water partition coefficient (Wildman–Crippen LogP) is 2.39. The zero-order valence-electron chi connectivity index (χ0n) is 12.2. The molecule has 7 nitrogen and oxygen atoms in total. The lowest BCUT2D eigenvalue weighted by Gasteiger charge is -2.13. The van der Waals surface area contributed by atoms with E-state index in [1.54, 1.807) is 6.92 Å². The molecule has 2 unspecified atom stereocenters. The number of phenols is 1. The van der Waals surface area contributed by atoms with Crippen LogP contribution in [0.1, 0.15) is 33.1 Å². The van der Waals surface area contributed by atoms with E-state index in [4.69, 9.17) is 5.73 Å². The summed E-state index contributed by atoms with van der Waals surface area (Å²) >= 11 is 0. The SMILES string of the molecule is CC(N)CCCC(C)C(=O)Nc1c(O)cccc1[N+](=O)[O-]. The molecule has 0 aliphatic rings. The number of aromatic hydroxyl groups is 1. The molecule has 1 aromatic carbocycles. The summed E-state index contributed by atoms with van der Waals surface area (Å²) in [4.78, 5) is 22.3. The fourth-order valence-electron chi connectivity index (χ4n) is 1.93. The van der Waals surface area contributed by atoms with E-state index in [0.29, 0.717) is 6.42 Å². The van der Waals surface area contributed by atoms with E-state index in [1.807, 2.05) is 6.92 Å². The van der Waals surface area contributed by atoms with Crippen molar-refractivity contribution in [2.45, 2.75) is 39.2 Å². The summed E-state index contributed by atoms with van der Waals surface area (Å²) in [6.45, 7) is 3.64. The van der Waals surface area contributed by atoms with Crippen LogP contribution in [0.3, 0.4) is 0 Å². The Kier molecular flexibility index (Phi) is 6.10. The number of phenolic OH excluding ortho intramolecular Hbond substituents is 1. The van der Waals surface area contributed by atoms with Crippen molar-refractivity contribution in [2.75, 3.05) is 5.32 Å². The molecule has 0 bridgehead atoms. The largest absolute Gasteiger partial charge is 0.505 e. The van der Waals surface area contributed by atoms with Crippen LogP contribution in [-0.4, -0.2) is 22.0 Å². The molecule has 0 fully saturated rings. The molecule has 2 atom stereocenters. The number of nitrogens with one attached hydrogen (secondary N) is 1. The molecule has 4 N–H and O–H groups in total. The van der Waals surface area contributed by atoms with Crippen LogP contribution in [0.5, 0.6) is 5.75 Å². The van der Waals surface area contributed by atoms with E-state index in [2.05, 4.69) is 5.32 Å². The monoisotopic (exact) mass is 295 g/mol. The third-order valence-electron chi connectivity index (χ3n) is 3.21. The zero-order chi connectivity index (χ0) is 16.0. The number of nitro groups is 1. The fourth-order valence-corrected chi connectivity index (χ4v) is 1.93. The van der Waals surface area contributed by atoms with E-state index in [0.717, 1.165) is 12.8 Å². The van der Waals surface area contributed by atoms with Crippen LogP contribution in [0.4, 0.5) is 11.4 Å². The lowest BCUT2D eigenvalue weighted by Crippen LogP contribution is -2.22. The predicted molar refractivity (Wildman–Crippen MR) is 80.1 cm³/mol. The van der Waals surface area contributed by atoms with Gasteiger partial charge in [0, 0.05) is 18.0 Å². The van der Waals surface area contributed by atoms with Gasteiger partial charge in [0.1, 0.15) is 5.75 Å². The van der Waals surface area contributed by atoms with Gasteiger partial charge in [0.25, 0.3) is 5.69 Å². The first kappa shape index (κ1) is 16.9. The molecule has 1 rings (SSSR count). The topological polar surface area (TPSA) is 118 Å². The maximum Gasteiger partial charge on any atom is 0.296 e. The van der Waals surface area contributed by atoms with Crippen molar-refractivity contribution < 1.29 is 14.8 Å². The van der Waals surface area contributed by atoms with Gasteiger partial charge in [-0.2, -0.15) is 0 Å². The highest BCUT2D eigenvalue weighted by Gasteiger charge is 2.22. The lowest BCUT2D eigenvalue weighted by molar-refractivity contribution is -0.384. The van der Waals surface area contributed by atoms with Crippen molar-refractivity contribution in [3.63, 3.8) is 0 Å². The van der Waals surface area contributed by atoms with Crippen molar-refractivity contribution in [1.29, 1.82) is 0 Å². The Hall–Kier alpha value is -2.15. The second-order valence-corrected chi connectivity index (χ2v) is 5.23. The number of carbonyl (C=O) groups excluding carboxylic acids is 1. The summed E-state index contributed by atoms with van der Waals surface area (Å²) in [5, 5.41) is 23.0. The third-order valence-corrected chi connectivity index (χ3v) is 3.21. The molecule has 0 spiro atoms. The molecule has 7 heteroatoms. The molecule has 0 aliphatic heterocycles. The minimum absolute atomic E-state index is 0.0829. The number of anilines is 1. The Bertz CT molecular complexity index is 517. The van der Waals surface area contributed by atoms with Gasteiger partial charge in [0.15, 0.2) is 5.69 Å². The number of benzene rings is 1. The van der Waals surface area contributed by atoms with Crippen molar-refractivity contribution in [2.24, 2.45) is 11.7 Å². The number of nitro benzene ring substituents is 1. The average Bonchev–Trinajstić information content (AvgIpc) is 2.40. The standard InChI is InChI=1S/C14H21N3O4/c1-9(5-3-6-10(2)15)14(19)16-13-11(17(20)21)7-4-8-12(13)18/h4,7-10,18H,3,5-6,15H2,1-2H3,(H,16,19). The van der Waals surface area contributed by atoms with Crippen LogP contribution in [-0.2, 0) is 4.79 Å². The minimum Gasteiger partial charge on any atom is -0.505 e. The van der Waals surface area contributed by atoms with E-state index >= 15 is 0 Å². The molecule has 0 saturated heterocycles. The molecule has 0 heterocycles. The van der Waals surface area contributed by atoms with Crippen LogP contribution in [0.2, 0.25) is 0 Å². The van der Waals surface area contributed by atoms with E-state index in [-0.39, 0.29) is 35.0 Å². The highest BCUT2D eigenvalue weighted by Crippen LogP contribution is 2.33. The molecule has 1 amide bonds. The molecular formula is C14H21N3O4. The number of nitrogens with two attached hydrogens (primary N) is 1. The van der Waals surface area contributed by atoms with Crippen LogP contribution >= 0.6 is 0 Å².